The average molecular weight is 214 g/mol. The van der Waals surface area contributed by atoms with E-state index in [0.717, 1.165) is 17.0 Å². The van der Waals surface area contributed by atoms with Crippen molar-refractivity contribution in [3.63, 3.8) is 0 Å². The number of hydrogen-bond acceptors (Lipinski definition) is 4. The lowest BCUT2D eigenvalue weighted by molar-refractivity contribution is 0.0706. The molecular formula is C12H14N4. The van der Waals surface area contributed by atoms with Crippen molar-refractivity contribution < 1.29 is 0 Å². The lowest BCUT2D eigenvalue weighted by Gasteiger charge is -2.34. The summed E-state index contributed by atoms with van der Waals surface area (Å²) in [4.78, 5) is 0. The Labute approximate surface area is 94.9 Å². The number of rotatable bonds is 0. The molecule has 0 radical (unpaired) electrons. The zero-order valence-electron chi connectivity index (χ0n) is 9.68. The van der Waals surface area contributed by atoms with Crippen LogP contribution in [0.25, 0.3) is 0 Å². The molecular weight excluding hydrogens is 200 g/mol. The first-order valence-corrected chi connectivity index (χ1v) is 5.37. The van der Waals surface area contributed by atoms with Crippen LogP contribution in [-0.4, -0.2) is 34.8 Å². The fourth-order valence-corrected chi connectivity index (χ4v) is 2.00. The van der Waals surface area contributed by atoms with E-state index >= 15 is 0 Å². The number of amidine groups is 1. The van der Waals surface area contributed by atoms with E-state index in [4.69, 9.17) is 0 Å². The highest BCUT2D eigenvalue weighted by atomic mass is 15.7. The van der Waals surface area contributed by atoms with Crippen LogP contribution in [0.4, 0.5) is 0 Å². The number of fused-ring (bicyclic) bond motifs is 3. The first-order valence-electron chi connectivity index (χ1n) is 5.37. The maximum Gasteiger partial charge on any atom is 0.179 e. The van der Waals surface area contributed by atoms with Gasteiger partial charge in [-0.3, -0.25) is 5.01 Å². The molecule has 0 unspecified atom stereocenters. The molecule has 2 aliphatic rings. The van der Waals surface area contributed by atoms with E-state index in [1.165, 1.54) is 0 Å². The third-order valence-electron chi connectivity index (χ3n) is 3.27. The second-order valence-corrected chi connectivity index (χ2v) is 4.59. The van der Waals surface area contributed by atoms with Crippen molar-refractivity contribution in [3.05, 3.63) is 35.4 Å². The number of hydrogen-bond donors (Lipinski definition) is 0. The van der Waals surface area contributed by atoms with Crippen LogP contribution >= 0.6 is 0 Å². The lowest BCUT2D eigenvalue weighted by atomic mass is 10.1. The molecule has 1 aromatic carbocycles. The zero-order chi connectivity index (χ0) is 11.3. The van der Waals surface area contributed by atoms with Crippen LogP contribution in [0.2, 0.25) is 0 Å². The Kier molecular flexibility index (Phi) is 1.67. The monoisotopic (exact) mass is 214 g/mol. The fourth-order valence-electron chi connectivity index (χ4n) is 2.00. The second kappa shape index (κ2) is 2.84. The van der Waals surface area contributed by atoms with Gasteiger partial charge in [-0.1, -0.05) is 24.3 Å². The Bertz CT molecular complexity index is 501. The molecule has 0 N–H and O–H groups in total. The quantitative estimate of drug-likeness (QED) is 0.658. The topological polar surface area (TPSA) is 31.2 Å². The molecule has 16 heavy (non-hydrogen) atoms. The molecule has 0 bridgehead atoms. The van der Waals surface area contributed by atoms with Crippen molar-refractivity contribution in [3.8, 4) is 0 Å². The third-order valence-corrected chi connectivity index (χ3v) is 3.27. The van der Waals surface area contributed by atoms with E-state index in [-0.39, 0.29) is 5.66 Å². The molecule has 4 nitrogen and oxygen atoms in total. The Balaban J connectivity index is 2.18. The van der Waals surface area contributed by atoms with Crippen LogP contribution in [0, 0.1) is 0 Å². The van der Waals surface area contributed by atoms with E-state index in [0.29, 0.717) is 0 Å². The summed E-state index contributed by atoms with van der Waals surface area (Å²) >= 11 is 0. The standard InChI is InChI=1S/C12H14N4/c1-12(2)15(3)14-11-10-7-5-4-6-9(10)8-13-16(11)12/h4-8H,1-3H3. The first-order chi connectivity index (χ1) is 7.60. The predicted molar refractivity (Wildman–Crippen MR) is 64.3 cm³/mol. The molecule has 3 rings (SSSR count). The summed E-state index contributed by atoms with van der Waals surface area (Å²) in [5, 5.41) is 13.0. The van der Waals surface area contributed by atoms with Crippen molar-refractivity contribution >= 4 is 12.1 Å². The molecule has 0 spiro atoms. The SMILES string of the molecule is CN1N=C2c3ccccc3C=NN2C1(C)C. The van der Waals surface area contributed by atoms with Gasteiger partial charge < -0.3 is 0 Å². The van der Waals surface area contributed by atoms with E-state index in [1.807, 2.05) is 35.4 Å². The summed E-state index contributed by atoms with van der Waals surface area (Å²) in [7, 11) is 1.98. The Morgan fingerprint density at radius 2 is 1.94 bits per heavy atom. The molecule has 1 aromatic rings. The van der Waals surface area contributed by atoms with Crippen molar-refractivity contribution in [2.75, 3.05) is 7.05 Å². The molecule has 0 saturated carbocycles. The number of nitrogens with zero attached hydrogens (tertiary/aromatic N) is 4. The van der Waals surface area contributed by atoms with Gasteiger partial charge in [0.1, 0.15) is 5.66 Å². The van der Waals surface area contributed by atoms with Crippen molar-refractivity contribution in [2.45, 2.75) is 19.5 Å². The molecule has 0 saturated heterocycles. The normalized spacial score (nSPS) is 20.6. The molecule has 0 fully saturated rings. The van der Waals surface area contributed by atoms with Gasteiger partial charge in [0.25, 0.3) is 0 Å². The minimum Gasteiger partial charge on any atom is -0.271 e. The van der Waals surface area contributed by atoms with Gasteiger partial charge in [-0.05, 0) is 13.8 Å². The van der Waals surface area contributed by atoms with Gasteiger partial charge in [-0.25, -0.2) is 5.01 Å². The Hall–Kier alpha value is -1.84. The van der Waals surface area contributed by atoms with Gasteiger partial charge in [-0.15, -0.1) is 0 Å². The summed E-state index contributed by atoms with van der Waals surface area (Å²) in [6.07, 6.45) is 1.90. The first kappa shape index (κ1) is 9.39. The van der Waals surface area contributed by atoms with Crippen LogP contribution in [0.3, 0.4) is 0 Å². The summed E-state index contributed by atoms with van der Waals surface area (Å²) in [6, 6.07) is 8.19. The second-order valence-electron chi connectivity index (χ2n) is 4.59. The minimum absolute atomic E-state index is 0.195. The Morgan fingerprint density at radius 1 is 1.19 bits per heavy atom. The summed E-state index contributed by atoms with van der Waals surface area (Å²) in [5.41, 5.74) is 2.08. The van der Waals surface area contributed by atoms with Crippen LogP contribution in [0.5, 0.6) is 0 Å². The van der Waals surface area contributed by atoms with Crippen LogP contribution in [0.1, 0.15) is 25.0 Å². The Morgan fingerprint density at radius 3 is 2.75 bits per heavy atom. The van der Waals surface area contributed by atoms with Crippen molar-refractivity contribution in [1.82, 2.24) is 10.0 Å². The minimum atomic E-state index is -0.195. The fraction of sp³-hybridized carbons (Fsp3) is 0.333. The van der Waals surface area contributed by atoms with Gasteiger partial charge in [0.15, 0.2) is 5.84 Å². The van der Waals surface area contributed by atoms with Gasteiger partial charge in [0.05, 0.1) is 6.21 Å². The molecule has 2 aliphatic heterocycles. The molecule has 82 valence electrons. The highest BCUT2D eigenvalue weighted by Crippen LogP contribution is 2.31. The molecule has 4 heteroatoms. The smallest absolute Gasteiger partial charge is 0.179 e. The van der Waals surface area contributed by atoms with Gasteiger partial charge in [0, 0.05) is 18.2 Å². The van der Waals surface area contributed by atoms with E-state index in [9.17, 15) is 0 Å². The van der Waals surface area contributed by atoms with Crippen molar-refractivity contribution in [2.24, 2.45) is 10.2 Å². The molecule has 0 atom stereocenters. The average Bonchev–Trinajstić information content (AvgIpc) is 2.51. The zero-order valence-corrected chi connectivity index (χ0v) is 9.68. The number of hydrazone groups is 2. The van der Waals surface area contributed by atoms with E-state index in [2.05, 4.69) is 36.2 Å². The van der Waals surface area contributed by atoms with Gasteiger partial charge in [0.2, 0.25) is 0 Å². The number of benzene rings is 1. The molecule has 2 heterocycles. The van der Waals surface area contributed by atoms with E-state index in [1.54, 1.807) is 0 Å². The molecule has 0 aliphatic carbocycles. The summed E-state index contributed by atoms with van der Waals surface area (Å²) in [6.45, 7) is 4.21. The van der Waals surface area contributed by atoms with Crippen LogP contribution in [-0.2, 0) is 0 Å². The lowest BCUT2D eigenvalue weighted by Crippen LogP contribution is -2.48. The predicted octanol–water partition coefficient (Wildman–Crippen LogP) is 1.68. The van der Waals surface area contributed by atoms with Gasteiger partial charge >= 0.3 is 0 Å². The van der Waals surface area contributed by atoms with Crippen LogP contribution in [0.15, 0.2) is 34.5 Å². The summed E-state index contributed by atoms with van der Waals surface area (Å²) < 4.78 is 0. The highest BCUT2D eigenvalue weighted by molar-refractivity contribution is 6.08. The van der Waals surface area contributed by atoms with Crippen LogP contribution < -0.4 is 0 Å². The van der Waals surface area contributed by atoms with Crippen molar-refractivity contribution in [1.29, 1.82) is 0 Å². The maximum absolute atomic E-state index is 4.57. The van der Waals surface area contributed by atoms with Gasteiger partial charge in [-0.2, -0.15) is 10.2 Å². The largest absolute Gasteiger partial charge is 0.271 e. The maximum atomic E-state index is 4.57. The highest BCUT2D eigenvalue weighted by Gasteiger charge is 2.41. The third kappa shape index (κ3) is 1.04. The van der Waals surface area contributed by atoms with E-state index < -0.39 is 0 Å². The summed E-state index contributed by atoms with van der Waals surface area (Å²) in [5.74, 6) is 0.936. The molecule has 0 amide bonds. The molecule has 0 aromatic heterocycles.